The Balaban J connectivity index is 2.08. The molecule has 2 rings (SSSR count). The molecular weight excluding hydrogens is 222 g/mol. The summed E-state index contributed by atoms with van der Waals surface area (Å²) in [6.45, 7) is 10.2. The molecule has 18 heavy (non-hydrogen) atoms. The first kappa shape index (κ1) is 12.7. The molecule has 0 aliphatic rings. The van der Waals surface area contributed by atoms with Crippen LogP contribution in [0.15, 0.2) is 24.4 Å². The summed E-state index contributed by atoms with van der Waals surface area (Å²) in [5.74, 6) is 0. The highest BCUT2D eigenvalue weighted by molar-refractivity contribution is 5.48. The molecule has 96 valence electrons. The van der Waals surface area contributed by atoms with E-state index in [0.717, 1.165) is 18.8 Å². The van der Waals surface area contributed by atoms with E-state index in [1.807, 2.05) is 4.68 Å². The van der Waals surface area contributed by atoms with Crippen LogP contribution in [0.1, 0.15) is 29.3 Å². The Morgan fingerprint density at radius 1 is 1.11 bits per heavy atom. The molecule has 1 aromatic carbocycles. The normalized spacial score (nSPS) is 10.7. The molecular formula is C15H21N3. The van der Waals surface area contributed by atoms with Gasteiger partial charge in [-0.2, -0.15) is 5.10 Å². The van der Waals surface area contributed by atoms with Gasteiger partial charge in [0.25, 0.3) is 0 Å². The van der Waals surface area contributed by atoms with Gasteiger partial charge in [-0.25, -0.2) is 0 Å². The van der Waals surface area contributed by atoms with Crippen LogP contribution in [0.4, 0.5) is 5.69 Å². The average Bonchev–Trinajstić information content (AvgIpc) is 2.66. The minimum absolute atomic E-state index is 0.828. The molecule has 1 N–H and O–H groups in total. The van der Waals surface area contributed by atoms with Gasteiger partial charge in [-0.05, 0) is 51.0 Å². The molecule has 0 atom stereocenters. The molecule has 3 heteroatoms. The third-order valence-corrected chi connectivity index (χ3v) is 3.08. The van der Waals surface area contributed by atoms with Crippen LogP contribution in [0.25, 0.3) is 0 Å². The number of hydrogen-bond acceptors (Lipinski definition) is 2. The fraction of sp³-hybridized carbons (Fsp3) is 0.400. The highest BCUT2D eigenvalue weighted by atomic mass is 15.3. The quantitative estimate of drug-likeness (QED) is 0.891. The van der Waals surface area contributed by atoms with Crippen LogP contribution in [0, 0.1) is 20.8 Å². The number of nitrogens with zero attached hydrogens (tertiary/aromatic N) is 2. The minimum Gasteiger partial charge on any atom is -0.381 e. The van der Waals surface area contributed by atoms with Gasteiger partial charge in [0.2, 0.25) is 0 Å². The zero-order valence-corrected chi connectivity index (χ0v) is 11.6. The monoisotopic (exact) mass is 243 g/mol. The van der Waals surface area contributed by atoms with Gasteiger partial charge < -0.3 is 5.32 Å². The molecule has 0 spiro atoms. The molecule has 0 unspecified atom stereocenters. The molecule has 0 fully saturated rings. The predicted octanol–water partition coefficient (Wildman–Crippen LogP) is 3.44. The van der Waals surface area contributed by atoms with E-state index in [4.69, 9.17) is 0 Å². The first-order valence-corrected chi connectivity index (χ1v) is 6.43. The van der Waals surface area contributed by atoms with Gasteiger partial charge in [-0.3, -0.25) is 4.68 Å². The third kappa shape index (κ3) is 2.92. The second-order valence-electron chi connectivity index (χ2n) is 4.83. The lowest BCUT2D eigenvalue weighted by molar-refractivity contribution is 0.653. The lowest BCUT2D eigenvalue weighted by Gasteiger charge is -2.08. The Bertz CT molecular complexity index is 520. The Morgan fingerprint density at radius 2 is 1.78 bits per heavy atom. The molecule has 0 aliphatic carbocycles. The van der Waals surface area contributed by atoms with Crippen molar-refractivity contribution in [1.29, 1.82) is 0 Å². The molecule has 0 aliphatic heterocycles. The summed E-state index contributed by atoms with van der Waals surface area (Å²) in [6.07, 6.45) is 2.12. The van der Waals surface area contributed by atoms with E-state index in [1.54, 1.807) is 0 Å². The van der Waals surface area contributed by atoms with Crippen molar-refractivity contribution in [2.75, 3.05) is 5.32 Å². The molecule has 0 bridgehead atoms. The third-order valence-electron chi connectivity index (χ3n) is 3.08. The van der Waals surface area contributed by atoms with Crippen LogP contribution in [0.5, 0.6) is 0 Å². The zero-order valence-electron chi connectivity index (χ0n) is 11.6. The van der Waals surface area contributed by atoms with Crippen molar-refractivity contribution in [3.8, 4) is 0 Å². The van der Waals surface area contributed by atoms with Crippen molar-refractivity contribution in [3.63, 3.8) is 0 Å². The van der Waals surface area contributed by atoms with E-state index >= 15 is 0 Å². The maximum atomic E-state index is 4.45. The van der Waals surface area contributed by atoms with Gasteiger partial charge >= 0.3 is 0 Å². The number of anilines is 1. The molecule has 3 nitrogen and oxygen atoms in total. The fourth-order valence-electron chi connectivity index (χ4n) is 2.17. The summed E-state index contributed by atoms with van der Waals surface area (Å²) >= 11 is 0. The van der Waals surface area contributed by atoms with E-state index in [9.17, 15) is 0 Å². The Labute approximate surface area is 109 Å². The van der Waals surface area contributed by atoms with Crippen molar-refractivity contribution >= 4 is 5.69 Å². The number of aryl methyl sites for hydroxylation is 4. The van der Waals surface area contributed by atoms with E-state index in [-0.39, 0.29) is 0 Å². The Hall–Kier alpha value is -1.77. The highest BCUT2D eigenvalue weighted by Crippen LogP contribution is 2.15. The van der Waals surface area contributed by atoms with Gasteiger partial charge in [-0.1, -0.05) is 6.07 Å². The summed E-state index contributed by atoms with van der Waals surface area (Å²) in [4.78, 5) is 0. The van der Waals surface area contributed by atoms with Gasteiger partial charge in [0, 0.05) is 30.5 Å². The first-order valence-electron chi connectivity index (χ1n) is 6.43. The number of aromatic nitrogens is 2. The zero-order chi connectivity index (χ0) is 13.1. The van der Waals surface area contributed by atoms with Crippen LogP contribution in [0.3, 0.4) is 0 Å². The maximum Gasteiger partial charge on any atom is 0.0643 e. The second kappa shape index (κ2) is 5.25. The van der Waals surface area contributed by atoms with Gasteiger partial charge in [-0.15, -0.1) is 0 Å². The van der Waals surface area contributed by atoms with Crippen LogP contribution < -0.4 is 5.32 Å². The van der Waals surface area contributed by atoms with Crippen LogP contribution in [-0.4, -0.2) is 9.78 Å². The minimum atomic E-state index is 0.828. The van der Waals surface area contributed by atoms with E-state index in [0.29, 0.717) is 0 Å². The summed E-state index contributed by atoms with van der Waals surface area (Å²) in [7, 11) is 0. The summed E-state index contributed by atoms with van der Waals surface area (Å²) in [5, 5.41) is 7.92. The smallest absolute Gasteiger partial charge is 0.0643 e. The standard InChI is InChI=1S/C15H21N3/c1-5-18-10-14(13(4)17-18)9-16-15-7-11(2)6-12(3)8-15/h6-8,10,16H,5,9H2,1-4H3. The molecule has 0 radical (unpaired) electrons. The number of benzene rings is 1. The first-order chi connectivity index (χ1) is 8.58. The van der Waals surface area contributed by atoms with E-state index < -0.39 is 0 Å². The molecule has 1 heterocycles. The van der Waals surface area contributed by atoms with Gasteiger partial charge in [0.15, 0.2) is 0 Å². The van der Waals surface area contributed by atoms with Crippen molar-refractivity contribution < 1.29 is 0 Å². The summed E-state index contributed by atoms with van der Waals surface area (Å²) in [5.41, 5.74) is 6.12. The van der Waals surface area contributed by atoms with Crippen molar-refractivity contribution in [2.45, 2.75) is 40.8 Å². The van der Waals surface area contributed by atoms with Crippen molar-refractivity contribution in [3.05, 3.63) is 46.8 Å². The highest BCUT2D eigenvalue weighted by Gasteiger charge is 2.04. The van der Waals surface area contributed by atoms with E-state index in [1.165, 1.54) is 22.4 Å². The molecule has 2 aromatic rings. The lowest BCUT2D eigenvalue weighted by Crippen LogP contribution is -2.00. The Kier molecular flexibility index (Phi) is 3.70. The fourth-order valence-corrected chi connectivity index (χ4v) is 2.17. The van der Waals surface area contributed by atoms with Crippen LogP contribution >= 0.6 is 0 Å². The maximum absolute atomic E-state index is 4.45. The van der Waals surface area contributed by atoms with Crippen molar-refractivity contribution in [2.24, 2.45) is 0 Å². The average molecular weight is 243 g/mol. The van der Waals surface area contributed by atoms with E-state index in [2.05, 4.69) is 62.5 Å². The predicted molar refractivity (Wildman–Crippen MR) is 75.9 cm³/mol. The van der Waals surface area contributed by atoms with Crippen molar-refractivity contribution in [1.82, 2.24) is 9.78 Å². The number of nitrogens with one attached hydrogen (secondary N) is 1. The molecule has 0 saturated carbocycles. The SMILES string of the molecule is CCn1cc(CNc2cc(C)cc(C)c2)c(C)n1. The topological polar surface area (TPSA) is 29.9 Å². The number of hydrogen-bond donors (Lipinski definition) is 1. The Morgan fingerprint density at radius 3 is 2.33 bits per heavy atom. The van der Waals surface area contributed by atoms with Gasteiger partial charge in [0.05, 0.1) is 5.69 Å². The second-order valence-corrected chi connectivity index (χ2v) is 4.83. The largest absolute Gasteiger partial charge is 0.381 e. The molecule has 0 saturated heterocycles. The number of rotatable bonds is 4. The molecule has 0 amide bonds. The van der Waals surface area contributed by atoms with Crippen LogP contribution in [-0.2, 0) is 13.1 Å². The summed E-state index contributed by atoms with van der Waals surface area (Å²) < 4.78 is 1.98. The summed E-state index contributed by atoms with van der Waals surface area (Å²) in [6, 6.07) is 6.53. The van der Waals surface area contributed by atoms with Gasteiger partial charge in [0.1, 0.15) is 0 Å². The van der Waals surface area contributed by atoms with Crippen LogP contribution in [0.2, 0.25) is 0 Å². The molecule has 1 aromatic heterocycles. The lowest BCUT2D eigenvalue weighted by atomic mass is 10.1.